The molecule has 7 nitrogen and oxygen atoms in total. The first-order chi connectivity index (χ1) is 15.8. The van der Waals surface area contributed by atoms with Gasteiger partial charge in [0.15, 0.2) is 9.84 Å². The molecule has 0 aromatic heterocycles. The highest BCUT2D eigenvalue weighted by Crippen LogP contribution is 2.23. The smallest absolute Gasteiger partial charge is 0.262 e. The third-order valence-electron chi connectivity index (χ3n) is 5.37. The van der Waals surface area contributed by atoms with Crippen molar-refractivity contribution in [3.05, 3.63) is 88.5 Å². The van der Waals surface area contributed by atoms with Gasteiger partial charge in [0, 0.05) is 17.5 Å². The number of aryl methyl sites for hydroxylation is 3. The molecule has 0 radical (unpaired) electrons. The van der Waals surface area contributed by atoms with Crippen LogP contribution >= 0.6 is 0 Å². The van der Waals surface area contributed by atoms with Crippen molar-refractivity contribution in [2.75, 3.05) is 11.0 Å². The number of anilines is 1. The van der Waals surface area contributed by atoms with E-state index in [1.165, 1.54) is 18.2 Å². The molecule has 3 aromatic rings. The molecule has 0 fully saturated rings. The van der Waals surface area contributed by atoms with Crippen molar-refractivity contribution in [2.45, 2.75) is 43.5 Å². The minimum absolute atomic E-state index is 0.0180. The van der Waals surface area contributed by atoms with Crippen LogP contribution in [0, 0.1) is 20.8 Å². The lowest BCUT2D eigenvalue weighted by Gasteiger charge is -2.16. The van der Waals surface area contributed by atoms with Gasteiger partial charge in [0.25, 0.3) is 15.9 Å². The average Bonchev–Trinajstić information content (AvgIpc) is 2.72. The molecule has 34 heavy (non-hydrogen) atoms. The maximum Gasteiger partial charge on any atom is 0.262 e. The summed E-state index contributed by atoms with van der Waals surface area (Å²) in [6.45, 7) is 7.21. The number of hydrogen-bond acceptors (Lipinski definition) is 5. The van der Waals surface area contributed by atoms with Gasteiger partial charge in [-0.15, -0.1) is 0 Å². The van der Waals surface area contributed by atoms with E-state index >= 15 is 0 Å². The second kappa shape index (κ2) is 9.60. The van der Waals surface area contributed by atoms with E-state index in [1.807, 2.05) is 19.9 Å². The highest BCUT2D eigenvalue weighted by atomic mass is 32.2. The summed E-state index contributed by atoms with van der Waals surface area (Å²) in [5, 5.41) is 2.83. The molecule has 0 aliphatic heterocycles. The summed E-state index contributed by atoms with van der Waals surface area (Å²) in [4.78, 5) is 13.1. The second-order valence-corrected chi connectivity index (χ2v) is 12.2. The number of amides is 1. The van der Waals surface area contributed by atoms with Crippen LogP contribution in [0.3, 0.4) is 0 Å². The standard InChI is InChI=1S/C25H28N2O5S2/c1-16-12-17(2)14-22(13-16)27-34(31,32)24-15-21(7-6-18(24)3)25(28)26-19(4)20-8-10-23(11-9-20)33(5,29)30/h6-15,19,27H,1-5H3,(H,26,28)/t19-/m1/s1. The molecule has 1 amide bonds. The van der Waals surface area contributed by atoms with Crippen molar-refractivity contribution in [1.82, 2.24) is 5.32 Å². The lowest BCUT2D eigenvalue weighted by atomic mass is 10.1. The van der Waals surface area contributed by atoms with E-state index in [2.05, 4.69) is 10.0 Å². The zero-order valence-corrected chi connectivity index (χ0v) is 21.3. The number of sulfone groups is 1. The minimum Gasteiger partial charge on any atom is -0.346 e. The van der Waals surface area contributed by atoms with Crippen LogP contribution in [0.2, 0.25) is 0 Å². The SMILES string of the molecule is Cc1cc(C)cc(NS(=O)(=O)c2cc(C(=O)N[C@H](C)c3ccc(S(C)(=O)=O)cc3)ccc2C)c1. The van der Waals surface area contributed by atoms with Crippen LogP contribution in [0.1, 0.15) is 45.6 Å². The van der Waals surface area contributed by atoms with E-state index in [0.29, 0.717) is 11.3 Å². The first kappa shape index (κ1) is 25.5. The van der Waals surface area contributed by atoms with Crippen LogP contribution in [0.25, 0.3) is 0 Å². The lowest BCUT2D eigenvalue weighted by Crippen LogP contribution is -2.27. The minimum atomic E-state index is -3.92. The maximum atomic E-state index is 13.1. The molecule has 3 aromatic carbocycles. The Balaban J connectivity index is 1.82. The number of benzene rings is 3. The Hall–Kier alpha value is -3.17. The predicted molar refractivity (Wildman–Crippen MR) is 133 cm³/mol. The van der Waals surface area contributed by atoms with Crippen molar-refractivity contribution in [3.8, 4) is 0 Å². The quantitative estimate of drug-likeness (QED) is 0.503. The van der Waals surface area contributed by atoms with Crippen molar-refractivity contribution >= 4 is 31.5 Å². The van der Waals surface area contributed by atoms with Crippen molar-refractivity contribution in [3.63, 3.8) is 0 Å². The first-order valence-corrected chi connectivity index (χ1v) is 14.0. The molecule has 0 spiro atoms. The van der Waals surface area contributed by atoms with E-state index in [0.717, 1.165) is 22.9 Å². The molecule has 0 saturated carbocycles. The largest absolute Gasteiger partial charge is 0.346 e. The van der Waals surface area contributed by atoms with Crippen LogP contribution in [0.15, 0.2) is 70.5 Å². The third-order valence-corrected chi connectivity index (χ3v) is 8.02. The summed E-state index contributed by atoms with van der Waals surface area (Å²) in [7, 11) is -7.23. The molecule has 9 heteroatoms. The number of sulfonamides is 1. The number of carbonyl (C=O) groups excluding carboxylic acids is 1. The van der Waals surface area contributed by atoms with Crippen molar-refractivity contribution in [2.24, 2.45) is 0 Å². The highest BCUT2D eigenvalue weighted by molar-refractivity contribution is 7.92. The van der Waals surface area contributed by atoms with E-state index < -0.39 is 31.8 Å². The molecule has 180 valence electrons. The topological polar surface area (TPSA) is 109 Å². The van der Waals surface area contributed by atoms with Gasteiger partial charge >= 0.3 is 0 Å². The monoisotopic (exact) mass is 500 g/mol. The number of nitrogens with one attached hydrogen (secondary N) is 2. The van der Waals surface area contributed by atoms with E-state index in [-0.39, 0.29) is 15.4 Å². The van der Waals surface area contributed by atoms with Crippen molar-refractivity contribution < 1.29 is 21.6 Å². The third kappa shape index (κ3) is 6.03. The Morgan fingerprint density at radius 3 is 1.97 bits per heavy atom. The van der Waals surface area contributed by atoms with Crippen LogP contribution in [-0.2, 0) is 19.9 Å². The van der Waals surface area contributed by atoms with Gasteiger partial charge in [0.1, 0.15) is 0 Å². The van der Waals surface area contributed by atoms with Crippen LogP contribution in [0.4, 0.5) is 5.69 Å². The van der Waals surface area contributed by atoms with Gasteiger partial charge in [-0.2, -0.15) is 0 Å². The van der Waals surface area contributed by atoms with Gasteiger partial charge in [-0.25, -0.2) is 16.8 Å². The Kier molecular flexibility index (Phi) is 7.18. The van der Waals surface area contributed by atoms with Gasteiger partial charge in [0.05, 0.1) is 15.8 Å². The number of carbonyl (C=O) groups is 1. The van der Waals surface area contributed by atoms with Crippen molar-refractivity contribution in [1.29, 1.82) is 0 Å². The molecule has 0 aliphatic rings. The molecule has 0 aliphatic carbocycles. The Morgan fingerprint density at radius 2 is 1.41 bits per heavy atom. The Morgan fingerprint density at radius 1 is 0.824 bits per heavy atom. The van der Waals surface area contributed by atoms with Gasteiger partial charge in [-0.3, -0.25) is 9.52 Å². The number of hydrogen-bond donors (Lipinski definition) is 2. The van der Waals surface area contributed by atoms with Gasteiger partial charge < -0.3 is 5.32 Å². The van der Waals surface area contributed by atoms with E-state index in [1.54, 1.807) is 50.2 Å². The number of rotatable bonds is 7. The summed E-state index contributed by atoms with van der Waals surface area (Å²) in [6.07, 6.45) is 1.13. The summed E-state index contributed by atoms with van der Waals surface area (Å²) in [5.41, 5.74) is 3.75. The summed E-state index contributed by atoms with van der Waals surface area (Å²) < 4.78 is 52.1. The molecule has 3 rings (SSSR count). The molecule has 1 atom stereocenters. The zero-order valence-electron chi connectivity index (χ0n) is 19.7. The second-order valence-electron chi connectivity index (χ2n) is 8.50. The molecular formula is C25H28N2O5S2. The van der Waals surface area contributed by atoms with Gasteiger partial charge in [-0.1, -0.05) is 24.3 Å². The highest BCUT2D eigenvalue weighted by Gasteiger charge is 2.21. The lowest BCUT2D eigenvalue weighted by molar-refractivity contribution is 0.0939. The summed E-state index contributed by atoms with van der Waals surface area (Å²) in [6, 6.07) is 15.8. The van der Waals surface area contributed by atoms with Gasteiger partial charge in [-0.05, 0) is 86.3 Å². The Labute approximate surface area is 201 Å². The first-order valence-electron chi connectivity index (χ1n) is 10.6. The normalized spacial score (nSPS) is 12.7. The van der Waals surface area contributed by atoms with Crippen LogP contribution in [0.5, 0.6) is 0 Å². The fourth-order valence-electron chi connectivity index (χ4n) is 3.64. The average molecular weight is 501 g/mol. The Bertz CT molecular complexity index is 1420. The predicted octanol–water partition coefficient (Wildman–Crippen LogP) is 4.31. The molecule has 0 heterocycles. The van der Waals surface area contributed by atoms with E-state index in [9.17, 15) is 21.6 Å². The maximum absolute atomic E-state index is 13.1. The zero-order chi connectivity index (χ0) is 25.3. The molecule has 0 saturated heterocycles. The fraction of sp³-hybridized carbons (Fsp3) is 0.240. The molecular weight excluding hydrogens is 472 g/mol. The summed E-state index contributed by atoms with van der Waals surface area (Å²) >= 11 is 0. The molecule has 0 bridgehead atoms. The van der Waals surface area contributed by atoms with E-state index in [4.69, 9.17) is 0 Å². The van der Waals surface area contributed by atoms with Crippen LogP contribution < -0.4 is 10.0 Å². The molecule has 0 unspecified atom stereocenters. The summed E-state index contributed by atoms with van der Waals surface area (Å²) in [5.74, 6) is -0.442. The fourth-order valence-corrected chi connectivity index (χ4v) is 5.58. The van der Waals surface area contributed by atoms with Gasteiger partial charge in [0.2, 0.25) is 0 Å². The van der Waals surface area contributed by atoms with Crippen LogP contribution in [-0.4, -0.2) is 29.0 Å². The molecule has 2 N–H and O–H groups in total.